The van der Waals surface area contributed by atoms with Crippen molar-refractivity contribution in [3.8, 4) is 0 Å². The maximum absolute atomic E-state index is 5.82. The molecule has 0 heterocycles. The second-order valence-electron chi connectivity index (χ2n) is 9.43. The van der Waals surface area contributed by atoms with Crippen LogP contribution in [0.15, 0.2) is 0 Å². The molecule has 4 heteroatoms. The van der Waals surface area contributed by atoms with Crippen LogP contribution in [0, 0.1) is 0 Å². The van der Waals surface area contributed by atoms with E-state index < -0.39 is 0 Å². The summed E-state index contributed by atoms with van der Waals surface area (Å²) in [5, 5.41) is 0. The van der Waals surface area contributed by atoms with Crippen LogP contribution in [-0.2, 0) is 19.6 Å². The minimum absolute atomic E-state index is 0.187. The monoisotopic (exact) mass is 402 g/mol. The quantitative estimate of drug-likeness (QED) is 0.125. The lowest BCUT2D eigenvalue weighted by Crippen LogP contribution is -2.33. The minimum atomic E-state index is -0.343. The first-order valence-corrected chi connectivity index (χ1v) is 11.9. The van der Waals surface area contributed by atoms with Gasteiger partial charge in [-0.2, -0.15) is 0 Å². The van der Waals surface area contributed by atoms with Gasteiger partial charge in [0.1, 0.15) is 0 Å². The smallest absolute Gasteiger partial charge is 0.0981 e. The van der Waals surface area contributed by atoms with E-state index in [1.807, 2.05) is 0 Å². The molecule has 28 heavy (non-hydrogen) atoms. The number of rotatable bonds is 19. The van der Waals surface area contributed by atoms with Gasteiger partial charge in [-0.25, -0.2) is 19.6 Å². The Morgan fingerprint density at radius 2 is 0.929 bits per heavy atom. The summed E-state index contributed by atoms with van der Waals surface area (Å²) in [4.78, 5) is 23.2. The van der Waals surface area contributed by atoms with Crippen molar-refractivity contribution in [1.82, 2.24) is 0 Å². The van der Waals surface area contributed by atoms with E-state index in [1.165, 1.54) is 38.5 Å². The summed E-state index contributed by atoms with van der Waals surface area (Å²) in [5.74, 6) is 0. The molecule has 0 fully saturated rings. The molecule has 0 amide bonds. The first kappa shape index (κ1) is 27.8. The molecule has 0 aliphatic rings. The van der Waals surface area contributed by atoms with Crippen molar-refractivity contribution in [1.29, 1.82) is 0 Å². The zero-order valence-corrected chi connectivity index (χ0v) is 20.3. The Hall–Kier alpha value is -0.160. The van der Waals surface area contributed by atoms with Gasteiger partial charge in [-0.15, -0.1) is 0 Å². The third-order valence-corrected chi connectivity index (χ3v) is 5.32. The Morgan fingerprint density at radius 3 is 1.21 bits per heavy atom. The topological polar surface area (TPSA) is 36.9 Å². The molecule has 0 radical (unpaired) electrons. The van der Waals surface area contributed by atoms with Crippen molar-refractivity contribution in [2.45, 2.75) is 156 Å². The van der Waals surface area contributed by atoms with Gasteiger partial charge >= 0.3 is 0 Å². The van der Waals surface area contributed by atoms with Gasteiger partial charge in [0.25, 0.3) is 0 Å². The molecule has 2 atom stereocenters. The molecular weight excluding hydrogens is 352 g/mol. The van der Waals surface area contributed by atoms with E-state index in [0.717, 1.165) is 38.5 Å². The molecule has 2 unspecified atom stereocenters. The lowest BCUT2D eigenvalue weighted by atomic mass is 9.94. The van der Waals surface area contributed by atoms with Gasteiger partial charge in [-0.3, -0.25) is 0 Å². The van der Waals surface area contributed by atoms with Gasteiger partial charge in [0.05, 0.1) is 23.4 Å². The number of hydrogen-bond donors (Lipinski definition) is 0. The van der Waals surface area contributed by atoms with Gasteiger partial charge in [-0.1, -0.05) is 66.2 Å². The fourth-order valence-corrected chi connectivity index (χ4v) is 2.97. The SMILES string of the molecule is CCCCCC(CC)OOC(C)(C)CCC(C)(C)OOC(CC)CCCCC. The zero-order chi connectivity index (χ0) is 21.5. The molecule has 0 aromatic rings. The van der Waals surface area contributed by atoms with Gasteiger partial charge in [0, 0.05) is 0 Å². The Kier molecular flexibility index (Phi) is 15.6. The van der Waals surface area contributed by atoms with Crippen molar-refractivity contribution in [3.63, 3.8) is 0 Å². The molecule has 0 aromatic heterocycles. The molecule has 0 saturated heterocycles. The zero-order valence-electron chi connectivity index (χ0n) is 20.3. The highest BCUT2D eigenvalue weighted by Crippen LogP contribution is 2.27. The minimum Gasteiger partial charge on any atom is -0.233 e. The summed E-state index contributed by atoms with van der Waals surface area (Å²) in [6, 6.07) is 0. The van der Waals surface area contributed by atoms with Crippen LogP contribution < -0.4 is 0 Å². The van der Waals surface area contributed by atoms with Crippen LogP contribution in [0.4, 0.5) is 0 Å². The summed E-state index contributed by atoms with van der Waals surface area (Å²) in [7, 11) is 0. The van der Waals surface area contributed by atoms with E-state index in [2.05, 4.69) is 55.4 Å². The molecule has 0 aromatic carbocycles. The third-order valence-electron chi connectivity index (χ3n) is 5.32. The average molecular weight is 403 g/mol. The molecule has 0 spiro atoms. The highest BCUT2D eigenvalue weighted by atomic mass is 17.2. The first-order chi connectivity index (χ1) is 13.2. The van der Waals surface area contributed by atoms with Gasteiger partial charge in [0.15, 0.2) is 0 Å². The second kappa shape index (κ2) is 15.6. The molecule has 0 aliphatic heterocycles. The van der Waals surface area contributed by atoms with Crippen molar-refractivity contribution in [2.24, 2.45) is 0 Å². The lowest BCUT2D eigenvalue weighted by Gasteiger charge is -2.31. The van der Waals surface area contributed by atoms with E-state index in [1.54, 1.807) is 0 Å². The van der Waals surface area contributed by atoms with Gasteiger partial charge in [-0.05, 0) is 66.2 Å². The van der Waals surface area contributed by atoms with E-state index in [-0.39, 0.29) is 23.4 Å². The summed E-state index contributed by atoms with van der Waals surface area (Å²) in [5.41, 5.74) is -0.686. The normalized spacial score (nSPS) is 15.0. The van der Waals surface area contributed by atoms with Crippen LogP contribution in [0.25, 0.3) is 0 Å². The maximum Gasteiger partial charge on any atom is 0.0981 e. The fraction of sp³-hybridized carbons (Fsp3) is 1.00. The molecule has 0 aliphatic carbocycles. The summed E-state index contributed by atoms with van der Waals surface area (Å²) < 4.78 is 0. The predicted molar refractivity (Wildman–Crippen MR) is 118 cm³/mol. The van der Waals surface area contributed by atoms with Crippen LogP contribution in [-0.4, -0.2) is 23.4 Å². The summed E-state index contributed by atoms with van der Waals surface area (Å²) in [6.45, 7) is 17.1. The second-order valence-corrected chi connectivity index (χ2v) is 9.43. The highest BCUT2D eigenvalue weighted by Gasteiger charge is 2.29. The molecule has 0 N–H and O–H groups in total. The van der Waals surface area contributed by atoms with Crippen LogP contribution in [0.5, 0.6) is 0 Å². The van der Waals surface area contributed by atoms with Gasteiger partial charge < -0.3 is 0 Å². The van der Waals surface area contributed by atoms with E-state index in [9.17, 15) is 0 Å². The summed E-state index contributed by atoms with van der Waals surface area (Å²) >= 11 is 0. The van der Waals surface area contributed by atoms with Crippen molar-refractivity contribution < 1.29 is 19.6 Å². The highest BCUT2D eigenvalue weighted by molar-refractivity contribution is 4.75. The molecule has 4 nitrogen and oxygen atoms in total. The number of hydrogen-bond acceptors (Lipinski definition) is 4. The Morgan fingerprint density at radius 1 is 0.571 bits per heavy atom. The number of unbranched alkanes of at least 4 members (excludes halogenated alkanes) is 4. The molecule has 170 valence electrons. The average Bonchev–Trinajstić information content (AvgIpc) is 2.66. The Labute approximate surface area is 175 Å². The Bertz CT molecular complexity index is 321. The van der Waals surface area contributed by atoms with Crippen molar-refractivity contribution in [2.75, 3.05) is 0 Å². The van der Waals surface area contributed by atoms with E-state index in [4.69, 9.17) is 19.6 Å². The van der Waals surface area contributed by atoms with Crippen molar-refractivity contribution in [3.05, 3.63) is 0 Å². The van der Waals surface area contributed by atoms with Crippen LogP contribution in [0.3, 0.4) is 0 Å². The molecule has 0 saturated carbocycles. The van der Waals surface area contributed by atoms with Crippen LogP contribution >= 0.6 is 0 Å². The van der Waals surface area contributed by atoms with E-state index in [0.29, 0.717) is 0 Å². The van der Waals surface area contributed by atoms with Crippen molar-refractivity contribution >= 4 is 0 Å². The van der Waals surface area contributed by atoms with E-state index >= 15 is 0 Å². The predicted octanol–water partition coefficient (Wildman–Crippen LogP) is 7.94. The lowest BCUT2D eigenvalue weighted by molar-refractivity contribution is -0.392. The fourth-order valence-electron chi connectivity index (χ4n) is 2.97. The van der Waals surface area contributed by atoms with Crippen LogP contribution in [0.2, 0.25) is 0 Å². The Balaban J connectivity index is 4.26. The third kappa shape index (κ3) is 14.8. The van der Waals surface area contributed by atoms with Gasteiger partial charge in [0.2, 0.25) is 0 Å². The maximum atomic E-state index is 5.82. The largest absolute Gasteiger partial charge is 0.233 e. The standard InChI is InChI=1S/C24H50O4/c1-9-13-15-17-21(11-3)25-27-23(5,6)19-20-24(7,8)28-26-22(12-4)18-16-14-10-2/h21-22H,9-20H2,1-8H3. The first-order valence-electron chi connectivity index (χ1n) is 11.9. The molecule has 0 bridgehead atoms. The molecule has 0 rings (SSSR count). The summed E-state index contributed by atoms with van der Waals surface area (Å²) in [6.07, 6.45) is 13.6. The van der Waals surface area contributed by atoms with Crippen LogP contribution in [0.1, 0.15) is 132 Å². The molecular formula is C24H50O4.